The van der Waals surface area contributed by atoms with E-state index in [1.807, 2.05) is 19.2 Å². The molecule has 0 heterocycles. The molecule has 3 rings (SSSR count). The normalized spacial score (nSPS) is 16.3. The third kappa shape index (κ3) is 2.68. The summed E-state index contributed by atoms with van der Waals surface area (Å²) in [5, 5.41) is 3.47. The molecule has 1 aliphatic carbocycles. The van der Waals surface area contributed by atoms with Crippen LogP contribution in [0, 0.1) is 0 Å². The Bertz CT molecular complexity index is 604. The molecule has 0 spiro atoms. The van der Waals surface area contributed by atoms with Crippen molar-refractivity contribution in [1.29, 1.82) is 0 Å². The SMILES string of the molecule is CNC(c1ccccc1OC)c1ccccc1C1CCC1. The second-order valence-corrected chi connectivity index (χ2v) is 5.72. The van der Waals surface area contributed by atoms with Crippen LogP contribution in [0.25, 0.3) is 0 Å². The van der Waals surface area contributed by atoms with Gasteiger partial charge < -0.3 is 10.1 Å². The van der Waals surface area contributed by atoms with Crippen LogP contribution in [-0.2, 0) is 0 Å². The van der Waals surface area contributed by atoms with Crippen molar-refractivity contribution < 1.29 is 4.74 Å². The molecule has 1 atom stereocenters. The molecule has 0 aromatic heterocycles. The number of nitrogens with one attached hydrogen (secondary N) is 1. The van der Waals surface area contributed by atoms with E-state index in [0.29, 0.717) is 0 Å². The van der Waals surface area contributed by atoms with Gasteiger partial charge in [0.15, 0.2) is 0 Å². The summed E-state index contributed by atoms with van der Waals surface area (Å²) in [7, 11) is 3.76. The van der Waals surface area contributed by atoms with Crippen LogP contribution >= 0.6 is 0 Å². The minimum absolute atomic E-state index is 0.179. The van der Waals surface area contributed by atoms with Crippen molar-refractivity contribution in [1.82, 2.24) is 5.32 Å². The van der Waals surface area contributed by atoms with Crippen molar-refractivity contribution >= 4 is 0 Å². The maximum Gasteiger partial charge on any atom is 0.123 e. The van der Waals surface area contributed by atoms with Gasteiger partial charge in [-0.1, -0.05) is 48.9 Å². The largest absolute Gasteiger partial charge is 0.496 e. The van der Waals surface area contributed by atoms with Gasteiger partial charge in [0, 0.05) is 5.56 Å². The Morgan fingerprint density at radius 1 is 1.00 bits per heavy atom. The van der Waals surface area contributed by atoms with Crippen LogP contribution in [0.5, 0.6) is 5.75 Å². The van der Waals surface area contributed by atoms with Gasteiger partial charge in [-0.3, -0.25) is 0 Å². The van der Waals surface area contributed by atoms with Crippen molar-refractivity contribution in [3.05, 3.63) is 65.2 Å². The summed E-state index contributed by atoms with van der Waals surface area (Å²) in [6.07, 6.45) is 4.00. The molecule has 1 saturated carbocycles. The number of para-hydroxylation sites is 1. The molecule has 0 saturated heterocycles. The third-order valence-corrected chi connectivity index (χ3v) is 4.59. The number of methoxy groups -OCH3 is 1. The molecule has 0 aliphatic heterocycles. The van der Waals surface area contributed by atoms with E-state index in [2.05, 4.69) is 41.7 Å². The Labute approximate surface area is 127 Å². The fourth-order valence-electron chi connectivity index (χ4n) is 3.25. The molecule has 2 heteroatoms. The van der Waals surface area contributed by atoms with Crippen molar-refractivity contribution in [3.63, 3.8) is 0 Å². The molecular weight excluding hydrogens is 258 g/mol. The molecule has 1 N–H and O–H groups in total. The van der Waals surface area contributed by atoms with E-state index in [9.17, 15) is 0 Å². The van der Waals surface area contributed by atoms with Crippen molar-refractivity contribution in [2.75, 3.05) is 14.2 Å². The molecule has 2 aromatic carbocycles. The lowest BCUT2D eigenvalue weighted by Gasteiger charge is -2.31. The van der Waals surface area contributed by atoms with E-state index >= 15 is 0 Å². The number of hydrogen-bond donors (Lipinski definition) is 1. The van der Waals surface area contributed by atoms with Gasteiger partial charge in [0.25, 0.3) is 0 Å². The maximum atomic E-state index is 5.55. The van der Waals surface area contributed by atoms with Crippen LogP contribution < -0.4 is 10.1 Å². The van der Waals surface area contributed by atoms with Gasteiger partial charge in [-0.05, 0) is 43.0 Å². The lowest BCUT2D eigenvalue weighted by atomic mass is 9.76. The summed E-state index contributed by atoms with van der Waals surface area (Å²) < 4.78 is 5.55. The van der Waals surface area contributed by atoms with Gasteiger partial charge in [0.1, 0.15) is 5.75 Å². The molecule has 0 amide bonds. The average Bonchev–Trinajstić information content (AvgIpc) is 2.48. The highest BCUT2D eigenvalue weighted by atomic mass is 16.5. The van der Waals surface area contributed by atoms with E-state index in [0.717, 1.165) is 11.7 Å². The van der Waals surface area contributed by atoms with E-state index in [4.69, 9.17) is 4.74 Å². The van der Waals surface area contributed by atoms with Crippen LogP contribution in [0.3, 0.4) is 0 Å². The smallest absolute Gasteiger partial charge is 0.123 e. The molecule has 1 aliphatic rings. The van der Waals surface area contributed by atoms with Crippen LogP contribution in [0.15, 0.2) is 48.5 Å². The maximum absolute atomic E-state index is 5.55. The highest BCUT2D eigenvalue weighted by molar-refractivity contribution is 5.45. The highest BCUT2D eigenvalue weighted by Crippen LogP contribution is 2.41. The predicted octanol–water partition coefficient (Wildman–Crippen LogP) is 4.27. The lowest BCUT2D eigenvalue weighted by Crippen LogP contribution is -2.22. The first-order chi connectivity index (χ1) is 10.3. The topological polar surface area (TPSA) is 21.3 Å². The first-order valence-corrected chi connectivity index (χ1v) is 7.74. The average molecular weight is 281 g/mol. The summed E-state index contributed by atoms with van der Waals surface area (Å²) in [6, 6.07) is 17.3. The van der Waals surface area contributed by atoms with Crippen LogP contribution in [0.2, 0.25) is 0 Å². The number of ether oxygens (including phenoxy) is 1. The Morgan fingerprint density at radius 3 is 2.29 bits per heavy atom. The van der Waals surface area contributed by atoms with Crippen molar-refractivity contribution in [3.8, 4) is 5.75 Å². The zero-order valence-electron chi connectivity index (χ0n) is 12.8. The third-order valence-electron chi connectivity index (χ3n) is 4.59. The van der Waals surface area contributed by atoms with Crippen LogP contribution in [0.4, 0.5) is 0 Å². The minimum atomic E-state index is 0.179. The fraction of sp³-hybridized carbons (Fsp3) is 0.368. The molecule has 110 valence electrons. The van der Waals surface area contributed by atoms with E-state index < -0.39 is 0 Å². The van der Waals surface area contributed by atoms with Gasteiger partial charge in [-0.25, -0.2) is 0 Å². The summed E-state index contributed by atoms with van der Waals surface area (Å²) in [6.45, 7) is 0. The van der Waals surface area contributed by atoms with Gasteiger partial charge in [0.2, 0.25) is 0 Å². The molecular formula is C19H23NO. The summed E-state index contributed by atoms with van der Waals surface area (Å²) in [4.78, 5) is 0. The van der Waals surface area contributed by atoms with Gasteiger partial charge in [-0.2, -0.15) is 0 Å². The summed E-state index contributed by atoms with van der Waals surface area (Å²) >= 11 is 0. The van der Waals surface area contributed by atoms with Gasteiger partial charge in [-0.15, -0.1) is 0 Å². The lowest BCUT2D eigenvalue weighted by molar-refractivity contribution is 0.401. The quantitative estimate of drug-likeness (QED) is 0.883. The minimum Gasteiger partial charge on any atom is -0.496 e. The zero-order valence-corrected chi connectivity index (χ0v) is 12.8. The molecule has 1 fully saturated rings. The van der Waals surface area contributed by atoms with Gasteiger partial charge >= 0.3 is 0 Å². The first kappa shape index (κ1) is 14.2. The Morgan fingerprint density at radius 2 is 1.67 bits per heavy atom. The number of benzene rings is 2. The van der Waals surface area contributed by atoms with Crippen LogP contribution in [-0.4, -0.2) is 14.2 Å². The van der Waals surface area contributed by atoms with E-state index in [1.54, 1.807) is 7.11 Å². The number of rotatable bonds is 5. The fourth-order valence-corrected chi connectivity index (χ4v) is 3.25. The summed E-state index contributed by atoms with van der Waals surface area (Å²) in [5.41, 5.74) is 4.08. The van der Waals surface area contributed by atoms with Gasteiger partial charge in [0.05, 0.1) is 13.2 Å². The second-order valence-electron chi connectivity index (χ2n) is 5.72. The Kier molecular flexibility index (Phi) is 4.26. The van der Waals surface area contributed by atoms with Crippen molar-refractivity contribution in [2.24, 2.45) is 0 Å². The summed E-state index contributed by atoms with van der Waals surface area (Å²) in [5.74, 6) is 1.67. The monoisotopic (exact) mass is 281 g/mol. The Balaban J connectivity index is 2.04. The molecule has 1 unspecified atom stereocenters. The first-order valence-electron chi connectivity index (χ1n) is 7.74. The van der Waals surface area contributed by atoms with E-state index in [-0.39, 0.29) is 6.04 Å². The molecule has 2 aromatic rings. The standard InChI is InChI=1S/C19H23NO/c1-20-19(17-12-5-6-13-18(17)21-2)16-11-4-3-10-15(16)14-8-7-9-14/h3-6,10-14,19-20H,7-9H2,1-2H3. The Hall–Kier alpha value is -1.80. The highest BCUT2D eigenvalue weighted by Gasteiger charge is 2.26. The zero-order chi connectivity index (χ0) is 14.7. The van der Waals surface area contributed by atoms with E-state index in [1.165, 1.54) is 36.0 Å². The second kappa shape index (κ2) is 6.31. The van der Waals surface area contributed by atoms with Crippen molar-refractivity contribution in [2.45, 2.75) is 31.2 Å². The molecule has 2 nitrogen and oxygen atoms in total. The molecule has 21 heavy (non-hydrogen) atoms. The van der Waals surface area contributed by atoms with Crippen LogP contribution in [0.1, 0.15) is 47.9 Å². The predicted molar refractivity (Wildman–Crippen MR) is 86.9 cm³/mol. The number of hydrogen-bond acceptors (Lipinski definition) is 2. The molecule has 0 radical (unpaired) electrons. The molecule has 0 bridgehead atoms.